The summed E-state index contributed by atoms with van der Waals surface area (Å²) in [6.07, 6.45) is 0. The quantitative estimate of drug-likeness (QED) is 0.108. The van der Waals surface area contributed by atoms with E-state index < -0.39 is 0 Å². The maximum absolute atomic E-state index is 6.59. The van der Waals surface area contributed by atoms with Crippen LogP contribution >= 0.6 is 0 Å². The largest absolute Gasteiger partial charge is 0.455 e. The fourth-order valence-corrected chi connectivity index (χ4v) is 12.4. The van der Waals surface area contributed by atoms with Gasteiger partial charge in [0.2, 0.25) is 0 Å². The highest BCUT2D eigenvalue weighted by atomic mass is 16.3. The van der Waals surface area contributed by atoms with Crippen LogP contribution in [0.4, 0.5) is 34.1 Å². The van der Waals surface area contributed by atoms with Gasteiger partial charge in [-0.3, -0.25) is 0 Å². The standard InChI is InChI=1S/C84H58N2O/c1-5-19-59(20-6-1)63-41-49-71(50-42-63)85(72-51-43-64(44-52-72)60-21-7-2-8-22-60)75-29-15-27-69(57-75)77-32-17-33-78(83(77)68-39-37-67(38-40-68)79-34-18-35-81-80-31-13-14-36-82(80)87-84(79)81)70-28-16-30-76(58-70)86(73-53-45-65(46-54-73)61-23-9-3-10-24-61)74-55-47-66(48-56-74)62-25-11-4-12-26-62/h1-58H. The molecule has 15 aromatic rings. The van der Waals surface area contributed by atoms with Crippen molar-refractivity contribution in [2.45, 2.75) is 0 Å². The van der Waals surface area contributed by atoms with Crippen molar-refractivity contribution in [2.75, 3.05) is 9.80 Å². The van der Waals surface area contributed by atoms with Crippen LogP contribution in [0, 0.1) is 0 Å². The van der Waals surface area contributed by atoms with Crippen LogP contribution in [0.1, 0.15) is 0 Å². The molecule has 0 bridgehead atoms. The van der Waals surface area contributed by atoms with Gasteiger partial charge in [-0.2, -0.15) is 0 Å². The van der Waals surface area contributed by atoms with Crippen LogP contribution < -0.4 is 9.80 Å². The molecule has 0 fully saturated rings. The summed E-state index contributed by atoms with van der Waals surface area (Å²) in [4.78, 5) is 4.75. The van der Waals surface area contributed by atoms with Crippen molar-refractivity contribution in [3.8, 4) is 89.0 Å². The Balaban J connectivity index is 0.878. The second-order valence-corrected chi connectivity index (χ2v) is 22.0. The molecule has 410 valence electrons. The smallest absolute Gasteiger partial charge is 0.143 e. The van der Waals surface area contributed by atoms with Crippen LogP contribution in [0.2, 0.25) is 0 Å². The third kappa shape index (κ3) is 10.5. The van der Waals surface area contributed by atoms with Crippen molar-refractivity contribution in [1.29, 1.82) is 0 Å². The van der Waals surface area contributed by atoms with E-state index in [1.165, 1.54) is 44.5 Å². The van der Waals surface area contributed by atoms with Crippen LogP contribution in [-0.4, -0.2) is 0 Å². The molecule has 3 nitrogen and oxygen atoms in total. The van der Waals surface area contributed by atoms with Crippen molar-refractivity contribution < 1.29 is 4.42 Å². The zero-order chi connectivity index (χ0) is 57.9. The van der Waals surface area contributed by atoms with E-state index in [9.17, 15) is 0 Å². The number of hydrogen-bond acceptors (Lipinski definition) is 3. The molecule has 0 unspecified atom stereocenters. The summed E-state index contributed by atoms with van der Waals surface area (Å²) in [5.74, 6) is 0. The Morgan fingerprint density at radius 1 is 0.184 bits per heavy atom. The van der Waals surface area contributed by atoms with Crippen LogP contribution in [-0.2, 0) is 0 Å². The molecule has 0 N–H and O–H groups in total. The molecule has 1 aromatic heterocycles. The van der Waals surface area contributed by atoms with E-state index in [-0.39, 0.29) is 0 Å². The van der Waals surface area contributed by atoms with Crippen molar-refractivity contribution in [3.63, 3.8) is 0 Å². The third-order valence-electron chi connectivity index (χ3n) is 16.7. The Kier molecular flexibility index (Phi) is 14.0. The van der Waals surface area contributed by atoms with Gasteiger partial charge in [-0.1, -0.05) is 273 Å². The number of nitrogens with zero attached hydrogens (tertiary/aromatic N) is 2. The number of para-hydroxylation sites is 2. The molecule has 0 saturated carbocycles. The lowest BCUT2D eigenvalue weighted by molar-refractivity contribution is 0.670. The summed E-state index contributed by atoms with van der Waals surface area (Å²) < 4.78 is 6.59. The average molecular weight is 1110 g/mol. The van der Waals surface area contributed by atoms with E-state index in [1.807, 2.05) is 6.07 Å². The van der Waals surface area contributed by atoms with Gasteiger partial charge in [0.1, 0.15) is 11.2 Å². The molecule has 0 aliphatic heterocycles. The number of rotatable bonds is 14. The van der Waals surface area contributed by atoms with E-state index in [0.717, 1.165) is 101 Å². The first-order valence-electron chi connectivity index (χ1n) is 29.7. The maximum Gasteiger partial charge on any atom is 0.143 e. The predicted molar refractivity (Wildman–Crippen MR) is 367 cm³/mol. The SMILES string of the molecule is c1ccc(-c2ccc(N(c3ccc(-c4ccccc4)cc3)c3cccc(-c4cccc(-c5cccc(N(c6ccc(-c7ccccc7)cc6)c6ccc(-c7ccccc7)cc6)c5)c4-c4ccc(-c5cccc6c5oc5ccccc56)cc4)c3)cc2)cc1. The minimum Gasteiger partial charge on any atom is -0.455 e. The summed E-state index contributed by atoms with van der Waals surface area (Å²) in [6, 6.07) is 127. The fraction of sp³-hybridized carbons (Fsp3) is 0. The first kappa shape index (κ1) is 52.3. The van der Waals surface area contributed by atoms with Gasteiger partial charge >= 0.3 is 0 Å². The summed E-state index contributed by atoms with van der Waals surface area (Å²) in [6.45, 7) is 0. The molecular weight excluding hydrogens is 1050 g/mol. The van der Waals surface area contributed by atoms with Gasteiger partial charge in [-0.25, -0.2) is 0 Å². The molecule has 1 heterocycles. The monoisotopic (exact) mass is 1110 g/mol. The number of anilines is 6. The molecule has 0 aliphatic carbocycles. The lowest BCUT2D eigenvalue weighted by Gasteiger charge is -2.27. The Bertz CT molecular complexity index is 4450. The van der Waals surface area contributed by atoms with Gasteiger partial charge < -0.3 is 14.2 Å². The highest BCUT2D eigenvalue weighted by Crippen LogP contribution is 2.46. The second-order valence-electron chi connectivity index (χ2n) is 22.0. The summed E-state index contributed by atoms with van der Waals surface area (Å²) in [5, 5.41) is 2.23. The predicted octanol–water partition coefficient (Wildman–Crippen LogP) is 23.9. The van der Waals surface area contributed by atoms with Gasteiger partial charge in [-0.15, -0.1) is 0 Å². The Morgan fingerprint density at radius 2 is 0.483 bits per heavy atom. The molecule has 0 saturated heterocycles. The normalized spacial score (nSPS) is 11.2. The Hall–Kier alpha value is -11.5. The second kappa shape index (κ2) is 23.3. The topological polar surface area (TPSA) is 19.6 Å². The van der Waals surface area contributed by atoms with Crippen LogP contribution in [0.25, 0.3) is 111 Å². The van der Waals surface area contributed by atoms with E-state index in [1.54, 1.807) is 0 Å². The number of fused-ring (bicyclic) bond motifs is 3. The summed E-state index contributed by atoms with van der Waals surface area (Å²) in [5.41, 5.74) is 26.4. The molecule has 15 rings (SSSR count). The molecule has 0 spiro atoms. The molecule has 14 aromatic carbocycles. The average Bonchev–Trinajstić information content (AvgIpc) is 2.21. The van der Waals surface area contributed by atoms with Gasteiger partial charge in [0.05, 0.1) is 0 Å². The summed E-state index contributed by atoms with van der Waals surface area (Å²) in [7, 11) is 0. The molecule has 0 atom stereocenters. The minimum atomic E-state index is 0.888. The first-order chi connectivity index (χ1) is 43.1. The first-order valence-corrected chi connectivity index (χ1v) is 29.7. The highest BCUT2D eigenvalue weighted by molar-refractivity contribution is 6.09. The van der Waals surface area contributed by atoms with Crippen molar-refractivity contribution >= 4 is 56.1 Å². The molecular formula is C84H58N2O. The molecule has 0 aliphatic rings. The van der Waals surface area contributed by atoms with Gasteiger partial charge in [0.15, 0.2) is 0 Å². The van der Waals surface area contributed by atoms with E-state index in [0.29, 0.717) is 0 Å². The van der Waals surface area contributed by atoms with Crippen molar-refractivity contribution in [2.24, 2.45) is 0 Å². The van der Waals surface area contributed by atoms with Crippen LogP contribution in [0.5, 0.6) is 0 Å². The lowest BCUT2D eigenvalue weighted by Crippen LogP contribution is -2.10. The van der Waals surface area contributed by atoms with Crippen molar-refractivity contribution in [3.05, 3.63) is 352 Å². The maximum atomic E-state index is 6.59. The van der Waals surface area contributed by atoms with Gasteiger partial charge in [0, 0.05) is 50.5 Å². The zero-order valence-corrected chi connectivity index (χ0v) is 47.8. The number of hydrogen-bond donors (Lipinski definition) is 0. The fourth-order valence-electron chi connectivity index (χ4n) is 12.4. The van der Waals surface area contributed by atoms with Gasteiger partial charge in [-0.05, 0) is 162 Å². The molecule has 0 amide bonds. The van der Waals surface area contributed by atoms with Crippen LogP contribution in [0.3, 0.4) is 0 Å². The van der Waals surface area contributed by atoms with E-state index >= 15 is 0 Å². The zero-order valence-electron chi connectivity index (χ0n) is 47.8. The molecule has 0 radical (unpaired) electrons. The minimum absolute atomic E-state index is 0.888. The third-order valence-corrected chi connectivity index (χ3v) is 16.7. The lowest BCUT2D eigenvalue weighted by atomic mass is 9.86. The number of benzene rings is 14. The molecule has 87 heavy (non-hydrogen) atoms. The Morgan fingerprint density at radius 3 is 0.897 bits per heavy atom. The van der Waals surface area contributed by atoms with Crippen molar-refractivity contribution in [1.82, 2.24) is 0 Å². The van der Waals surface area contributed by atoms with Gasteiger partial charge in [0.25, 0.3) is 0 Å². The highest BCUT2D eigenvalue weighted by Gasteiger charge is 2.21. The molecule has 3 heteroatoms. The summed E-state index contributed by atoms with van der Waals surface area (Å²) >= 11 is 0. The Labute approximate surface area is 508 Å². The number of furan rings is 1. The van der Waals surface area contributed by atoms with E-state index in [4.69, 9.17) is 4.42 Å². The van der Waals surface area contributed by atoms with E-state index in [2.05, 4.69) is 356 Å². The van der Waals surface area contributed by atoms with Crippen LogP contribution in [0.15, 0.2) is 356 Å².